The summed E-state index contributed by atoms with van der Waals surface area (Å²) in [4.78, 5) is 3.97. The van der Waals surface area contributed by atoms with Crippen LogP contribution >= 0.6 is 15.9 Å². The molecule has 10 heavy (non-hydrogen) atoms. The first-order chi connectivity index (χ1) is 4.84. The smallest absolute Gasteiger partial charge is 0.106 e. The summed E-state index contributed by atoms with van der Waals surface area (Å²) in [6.07, 6.45) is 1.18. The predicted molar refractivity (Wildman–Crippen MR) is 43.0 cm³/mol. The molecule has 0 amide bonds. The summed E-state index contributed by atoms with van der Waals surface area (Å²) >= 11 is 3.16. The molecular formula is C7H8BrNO. The molecular weight excluding hydrogens is 194 g/mol. The van der Waals surface area contributed by atoms with Gasteiger partial charge in [0.1, 0.15) is 6.10 Å². The number of aliphatic hydroxyl groups is 1. The van der Waals surface area contributed by atoms with Gasteiger partial charge in [-0.25, -0.2) is 0 Å². The first-order valence-corrected chi connectivity index (χ1v) is 4.11. The van der Waals surface area contributed by atoms with Gasteiger partial charge < -0.3 is 5.11 Å². The molecule has 1 N–H and O–H groups in total. The van der Waals surface area contributed by atoms with E-state index in [2.05, 4.69) is 20.9 Å². The van der Waals surface area contributed by atoms with Crippen LogP contribution in [0.2, 0.25) is 0 Å². The first kappa shape index (κ1) is 7.69. The van der Waals surface area contributed by atoms with Gasteiger partial charge in [-0.1, -0.05) is 22.0 Å². The van der Waals surface area contributed by atoms with E-state index in [1.165, 1.54) is 0 Å². The number of hydrogen-bond donors (Lipinski definition) is 1. The SMILES string of the molecule is OC(CBr)c1ccccn1. The second-order valence-corrected chi connectivity index (χ2v) is 2.57. The molecule has 0 saturated carbocycles. The highest BCUT2D eigenvalue weighted by atomic mass is 79.9. The minimum atomic E-state index is -0.485. The van der Waals surface area contributed by atoms with E-state index in [1.54, 1.807) is 12.3 Å². The molecule has 0 aliphatic carbocycles. The van der Waals surface area contributed by atoms with Crippen LogP contribution in [0.3, 0.4) is 0 Å². The molecule has 1 aromatic rings. The predicted octanol–water partition coefficient (Wildman–Crippen LogP) is 1.51. The Balaban J connectivity index is 2.75. The van der Waals surface area contributed by atoms with Crippen molar-refractivity contribution in [2.45, 2.75) is 6.10 Å². The minimum absolute atomic E-state index is 0.485. The van der Waals surface area contributed by atoms with Gasteiger partial charge in [0.05, 0.1) is 5.69 Å². The molecule has 1 unspecified atom stereocenters. The maximum atomic E-state index is 9.22. The zero-order valence-corrected chi connectivity index (χ0v) is 6.95. The molecule has 2 nitrogen and oxygen atoms in total. The summed E-state index contributed by atoms with van der Waals surface area (Å²) in [6, 6.07) is 5.48. The van der Waals surface area contributed by atoms with E-state index in [1.807, 2.05) is 12.1 Å². The van der Waals surface area contributed by atoms with Crippen molar-refractivity contribution in [1.29, 1.82) is 0 Å². The summed E-state index contributed by atoms with van der Waals surface area (Å²) < 4.78 is 0. The van der Waals surface area contributed by atoms with Crippen molar-refractivity contribution in [1.82, 2.24) is 4.98 Å². The monoisotopic (exact) mass is 201 g/mol. The molecule has 0 aliphatic heterocycles. The molecule has 0 aromatic carbocycles. The quantitative estimate of drug-likeness (QED) is 0.737. The Morgan fingerprint density at radius 3 is 2.90 bits per heavy atom. The molecule has 0 spiro atoms. The van der Waals surface area contributed by atoms with Gasteiger partial charge in [-0.05, 0) is 12.1 Å². The average Bonchev–Trinajstić information content (AvgIpc) is 2.05. The summed E-state index contributed by atoms with van der Waals surface area (Å²) in [5, 5.41) is 9.75. The zero-order chi connectivity index (χ0) is 7.40. The molecule has 0 fully saturated rings. The van der Waals surface area contributed by atoms with Crippen LogP contribution in [-0.2, 0) is 0 Å². The fourth-order valence-electron chi connectivity index (χ4n) is 0.652. The van der Waals surface area contributed by atoms with Crippen molar-refractivity contribution in [3.8, 4) is 0 Å². The highest BCUT2D eigenvalue weighted by Crippen LogP contribution is 2.10. The summed E-state index contributed by atoms with van der Waals surface area (Å²) in [6.45, 7) is 0. The van der Waals surface area contributed by atoms with Gasteiger partial charge in [0.25, 0.3) is 0 Å². The topological polar surface area (TPSA) is 33.1 Å². The van der Waals surface area contributed by atoms with Gasteiger partial charge in [-0.2, -0.15) is 0 Å². The number of aliphatic hydroxyl groups excluding tert-OH is 1. The second-order valence-electron chi connectivity index (χ2n) is 1.92. The summed E-state index contributed by atoms with van der Waals surface area (Å²) in [5.74, 6) is 0. The van der Waals surface area contributed by atoms with Crippen LogP contribution in [0.4, 0.5) is 0 Å². The highest BCUT2D eigenvalue weighted by Gasteiger charge is 2.03. The van der Waals surface area contributed by atoms with Crippen LogP contribution < -0.4 is 0 Å². The van der Waals surface area contributed by atoms with Crippen molar-refractivity contribution in [2.24, 2.45) is 0 Å². The Bertz CT molecular complexity index is 190. The van der Waals surface area contributed by atoms with Crippen LogP contribution in [-0.4, -0.2) is 15.4 Å². The fourth-order valence-corrected chi connectivity index (χ4v) is 0.984. The Morgan fingerprint density at radius 1 is 1.60 bits per heavy atom. The molecule has 3 heteroatoms. The molecule has 0 radical (unpaired) electrons. The third-order valence-corrected chi connectivity index (χ3v) is 1.79. The van der Waals surface area contributed by atoms with E-state index in [9.17, 15) is 5.11 Å². The van der Waals surface area contributed by atoms with Crippen LogP contribution in [0, 0.1) is 0 Å². The Labute approximate surface area is 68.0 Å². The summed E-state index contributed by atoms with van der Waals surface area (Å²) in [5.41, 5.74) is 0.708. The van der Waals surface area contributed by atoms with Gasteiger partial charge >= 0.3 is 0 Å². The number of hydrogen-bond acceptors (Lipinski definition) is 2. The van der Waals surface area contributed by atoms with Crippen molar-refractivity contribution in [2.75, 3.05) is 5.33 Å². The normalized spacial score (nSPS) is 13.0. The van der Waals surface area contributed by atoms with Crippen molar-refractivity contribution >= 4 is 15.9 Å². The molecule has 0 bridgehead atoms. The third kappa shape index (κ3) is 1.78. The van der Waals surface area contributed by atoms with Crippen LogP contribution in [0.1, 0.15) is 11.8 Å². The lowest BCUT2D eigenvalue weighted by Gasteiger charge is -2.03. The van der Waals surface area contributed by atoms with E-state index >= 15 is 0 Å². The molecule has 1 rings (SSSR count). The minimum Gasteiger partial charge on any atom is -0.386 e. The number of halogens is 1. The lowest BCUT2D eigenvalue weighted by atomic mass is 10.2. The van der Waals surface area contributed by atoms with Crippen molar-refractivity contribution < 1.29 is 5.11 Å². The van der Waals surface area contributed by atoms with E-state index < -0.39 is 6.10 Å². The number of aromatic nitrogens is 1. The molecule has 54 valence electrons. The van der Waals surface area contributed by atoms with Gasteiger partial charge in [-0.15, -0.1) is 0 Å². The molecule has 1 heterocycles. The highest BCUT2D eigenvalue weighted by molar-refractivity contribution is 9.09. The number of pyridine rings is 1. The fraction of sp³-hybridized carbons (Fsp3) is 0.286. The Hall–Kier alpha value is -0.410. The number of alkyl halides is 1. The molecule has 1 aromatic heterocycles. The molecule has 0 aliphatic rings. The Kier molecular flexibility index (Phi) is 2.83. The van der Waals surface area contributed by atoms with Gasteiger partial charge in [0.2, 0.25) is 0 Å². The Morgan fingerprint density at radius 2 is 2.40 bits per heavy atom. The number of rotatable bonds is 2. The van der Waals surface area contributed by atoms with Crippen LogP contribution in [0.5, 0.6) is 0 Å². The first-order valence-electron chi connectivity index (χ1n) is 2.99. The van der Waals surface area contributed by atoms with Crippen molar-refractivity contribution in [3.05, 3.63) is 30.1 Å². The van der Waals surface area contributed by atoms with Gasteiger partial charge in [0, 0.05) is 11.5 Å². The zero-order valence-electron chi connectivity index (χ0n) is 5.37. The standard InChI is InChI=1S/C7H8BrNO/c8-5-7(10)6-3-1-2-4-9-6/h1-4,7,10H,5H2. The van der Waals surface area contributed by atoms with E-state index in [-0.39, 0.29) is 0 Å². The largest absolute Gasteiger partial charge is 0.386 e. The number of nitrogens with zero attached hydrogens (tertiary/aromatic N) is 1. The van der Waals surface area contributed by atoms with Crippen LogP contribution in [0.15, 0.2) is 24.4 Å². The van der Waals surface area contributed by atoms with E-state index in [0.29, 0.717) is 11.0 Å². The molecule has 1 atom stereocenters. The maximum Gasteiger partial charge on any atom is 0.106 e. The summed E-state index contributed by atoms with van der Waals surface area (Å²) in [7, 11) is 0. The van der Waals surface area contributed by atoms with Crippen molar-refractivity contribution in [3.63, 3.8) is 0 Å². The van der Waals surface area contributed by atoms with E-state index in [0.717, 1.165) is 0 Å². The van der Waals surface area contributed by atoms with Gasteiger partial charge in [-0.3, -0.25) is 4.98 Å². The van der Waals surface area contributed by atoms with Crippen LogP contribution in [0.25, 0.3) is 0 Å². The lowest BCUT2D eigenvalue weighted by Crippen LogP contribution is -1.99. The van der Waals surface area contributed by atoms with E-state index in [4.69, 9.17) is 0 Å². The lowest BCUT2D eigenvalue weighted by molar-refractivity contribution is 0.200. The molecule has 0 saturated heterocycles. The second kappa shape index (κ2) is 3.68. The average molecular weight is 202 g/mol. The third-order valence-electron chi connectivity index (χ3n) is 1.18. The maximum absolute atomic E-state index is 9.22. The van der Waals surface area contributed by atoms with Gasteiger partial charge in [0.15, 0.2) is 0 Å².